The van der Waals surface area contributed by atoms with Gasteiger partial charge in [0.1, 0.15) is 0 Å². The van der Waals surface area contributed by atoms with Gasteiger partial charge in [-0.1, -0.05) is 42.5 Å². The van der Waals surface area contributed by atoms with E-state index in [1.165, 1.54) is 5.56 Å². The summed E-state index contributed by atoms with van der Waals surface area (Å²) >= 11 is 1.58. The third-order valence-electron chi connectivity index (χ3n) is 4.28. The number of nitrogens with zero attached hydrogens (tertiary/aromatic N) is 3. The minimum atomic E-state index is 0.252. The van der Waals surface area contributed by atoms with Crippen LogP contribution in [0.3, 0.4) is 0 Å². The number of carbonyl (C=O) groups is 1. The lowest BCUT2D eigenvalue weighted by molar-refractivity contribution is -0.132. The highest BCUT2D eigenvalue weighted by atomic mass is 32.1. The summed E-state index contributed by atoms with van der Waals surface area (Å²) in [6, 6.07) is 10.3. The standard InChI is InChI=1S/C19H23N3OS/c23-19(9-8-18-15-24-16-20-18)22-13-11-21(12-14-22)10-4-7-17-5-2-1-3-6-17/h1-7,15-16H,8-14H2/b7-4+. The van der Waals surface area contributed by atoms with Crippen molar-refractivity contribution in [2.45, 2.75) is 12.8 Å². The number of benzene rings is 1. The molecule has 4 nitrogen and oxygen atoms in total. The molecule has 0 aliphatic carbocycles. The highest BCUT2D eigenvalue weighted by molar-refractivity contribution is 7.07. The van der Waals surface area contributed by atoms with Crippen LogP contribution in [0.25, 0.3) is 6.08 Å². The number of hydrogen-bond donors (Lipinski definition) is 0. The lowest BCUT2D eigenvalue weighted by Crippen LogP contribution is -2.48. The number of carbonyl (C=O) groups excluding carboxylic acids is 1. The van der Waals surface area contributed by atoms with Crippen LogP contribution in [0.2, 0.25) is 0 Å². The van der Waals surface area contributed by atoms with Crippen LogP contribution in [-0.2, 0) is 11.2 Å². The first kappa shape index (κ1) is 16.9. The number of aromatic nitrogens is 1. The van der Waals surface area contributed by atoms with Crippen molar-refractivity contribution in [3.05, 3.63) is 58.6 Å². The summed E-state index contributed by atoms with van der Waals surface area (Å²) in [5.41, 5.74) is 4.08. The summed E-state index contributed by atoms with van der Waals surface area (Å²) in [6.07, 6.45) is 5.68. The van der Waals surface area contributed by atoms with Crippen LogP contribution >= 0.6 is 11.3 Å². The molecule has 0 spiro atoms. The molecule has 1 amide bonds. The molecule has 0 unspecified atom stereocenters. The summed E-state index contributed by atoms with van der Waals surface area (Å²) in [5, 5.41) is 2.02. The number of piperazine rings is 1. The summed E-state index contributed by atoms with van der Waals surface area (Å²) in [5.74, 6) is 0.252. The number of rotatable bonds is 6. The lowest BCUT2D eigenvalue weighted by Gasteiger charge is -2.34. The Morgan fingerprint density at radius 2 is 1.96 bits per heavy atom. The molecule has 0 radical (unpaired) electrons. The quantitative estimate of drug-likeness (QED) is 0.810. The molecular formula is C19H23N3OS. The molecule has 1 saturated heterocycles. The number of aryl methyl sites for hydroxylation is 1. The van der Waals surface area contributed by atoms with E-state index in [1.807, 2.05) is 21.9 Å². The minimum absolute atomic E-state index is 0.252. The molecule has 1 aliphatic rings. The van der Waals surface area contributed by atoms with Gasteiger partial charge in [-0.05, 0) is 12.0 Å². The van der Waals surface area contributed by atoms with E-state index in [9.17, 15) is 4.79 Å². The molecule has 1 aliphatic heterocycles. The molecule has 2 heterocycles. The summed E-state index contributed by atoms with van der Waals surface area (Å²) < 4.78 is 0. The van der Waals surface area contributed by atoms with Crippen molar-refractivity contribution in [3.63, 3.8) is 0 Å². The van der Waals surface area contributed by atoms with Gasteiger partial charge in [0.05, 0.1) is 11.2 Å². The molecule has 3 rings (SSSR count). The molecule has 0 saturated carbocycles. The fourth-order valence-electron chi connectivity index (χ4n) is 2.84. The van der Waals surface area contributed by atoms with Crippen LogP contribution in [0.1, 0.15) is 17.7 Å². The third kappa shape index (κ3) is 5.01. The second-order valence-corrected chi connectivity index (χ2v) is 6.69. The van der Waals surface area contributed by atoms with Crippen LogP contribution in [0, 0.1) is 0 Å². The average molecular weight is 341 g/mol. The van der Waals surface area contributed by atoms with Crippen molar-refractivity contribution >= 4 is 23.3 Å². The van der Waals surface area contributed by atoms with E-state index in [-0.39, 0.29) is 5.91 Å². The molecule has 1 aromatic heterocycles. The van der Waals surface area contributed by atoms with E-state index in [2.05, 4.69) is 46.3 Å². The third-order valence-corrected chi connectivity index (χ3v) is 4.91. The first-order valence-electron chi connectivity index (χ1n) is 8.40. The normalized spacial score (nSPS) is 15.9. The van der Waals surface area contributed by atoms with Gasteiger partial charge in [0.2, 0.25) is 5.91 Å². The fourth-order valence-corrected chi connectivity index (χ4v) is 3.43. The van der Waals surface area contributed by atoms with E-state index < -0.39 is 0 Å². The summed E-state index contributed by atoms with van der Waals surface area (Å²) in [6.45, 7) is 4.49. The Morgan fingerprint density at radius 3 is 2.67 bits per heavy atom. The van der Waals surface area contributed by atoms with Crippen molar-refractivity contribution in [1.29, 1.82) is 0 Å². The van der Waals surface area contributed by atoms with Crippen molar-refractivity contribution in [3.8, 4) is 0 Å². The predicted octanol–water partition coefficient (Wildman–Crippen LogP) is 2.93. The van der Waals surface area contributed by atoms with Gasteiger partial charge in [-0.3, -0.25) is 9.69 Å². The molecule has 5 heteroatoms. The molecule has 0 bridgehead atoms. The second kappa shape index (κ2) is 8.76. The van der Waals surface area contributed by atoms with Gasteiger partial charge in [-0.15, -0.1) is 11.3 Å². The van der Waals surface area contributed by atoms with Crippen LogP contribution in [0.4, 0.5) is 0 Å². The largest absolute Gasteiger partial charge is 0.340 e. The van der Waals surface area contributed by atoms with Crippen molar-refractivity contribution in [1.82, 2.24) is 14.8 Å². The van der Waals surface area contributed by atoms with Gasteiger partial charge in [0, 0.05) is 44.5 Å². The Labute approximate surface area is 147 Å². The van der Waals surface area contributed by atoms with Gasteiger partial charge in [-0.2, -0.15) is 0 Å². The van der Waals surface area contributed by atoms with Gasteiger partial charge >= 0.3 is 0 Å². The Balaban J connectivity index is 1.37. The van der Waals surface area contributed by atoms with Crippen LogP contribution in [0.15, 0.2) is 47.3 Å². The molecule has 0 N–H and O–H groups in total. The predicted molar refractivity (Wildman–Crippen MR) is 98.9 cm³/mol. The van der Waals surface area contributed by atoms with E-state index >= 15 is 0 Å². The highest BCUT2D eigenvalue weighted by Gasteiger charge is 2.20. The van der Waals surface area contributed by atoms with E-state index in [4.69, 9.17) is 0 Å². The Hall–Kier alpha value is -1.98. The minimum Gasteiger partial charge on any atom is -0.340 e. The molecule has 0 atom stereocenters. The highest BCUT2D eigenvalue weighted by Crippen LogP contribution is 2.09. The van der Waals surface area contributed by atoms with Crippen molar-refractivity contribution in [2.24, 2.45) is 0 Å². The topological polar surface area (TPSA) is 36.4 Å². The monoisotopic (exact) mass is 341 g/mol. The van der Waals surface area contributed by atoms with Crippen LogP contribution in [0.5, 0.6) is 0 Å². The van der Waals surface area contributed by atoms with Gasteiger partial charge in [0.25, 0.3) is 0 Å². The van der Waals surface area contributed by atoms with E-state index in [0.29, 0.717) is 6.42 Å². The van der Waals surface area contributed by atoms with E-state index in [1.54, 1.807) is 11.3 Å². The maximum Gasteiger partial charge on any atom is 0.223 e. The van der Waals surface area contributed by atoms with Crippen LogP contribution in [-0.4, -0.2) is 53.4 Å². The van der Waals surface area contributed by atoms with Gasteiger partial charge < -0.3 is 4.90 Å². The fraction of sp³-hybridized carbons (Fsp3) is 0.368. The smallest absolute Gasteiger partial charge is 0.223 e. The zero-order valence-electron chi connectivity index (χ0n) is 13.8. The molecular weight excluding hydrogens is 318 g/mol. The summed E-state index contributed by atoms with van der Waals surface area (Å²) in [4.78, 5) is 20.9. The molecule has 1 aromatic carbocycles. The molecule has 2 aromatic rings. The Kier molecular flexibility index (Phi) is 6.15. The Bertz CT molecular complexity index is 647. The number of hydrogen-bond acceptors (Lipinski definition) is 4. The lowest BCUT2D eigenvalue weighted by atomic mass is 10.2. The zero-order valence-corrected chi connectivity index (χ0v) is 14.6. The van der Waals surface area contributed by atoms with Crippen LogP contribution < -0.4 is 0 Å². The van der Waals surface area contributed by atoms with Crippen molar-refractivity contribution in [2.75, 3.05) is 32.7 Å². The average Bonchev–Trinajstić information content (AvgIpc) is 3.15. The maximum absolute atomic E-state index is 12.3. The first-order valence-corrected chi connectivity index (χ1v) is 9.34. The van der Waals surface area contributed by atoms with Gasteiger partial charge in [0.15, 0.2) is 0 Å². The molecule has 24 heavy (non-hydrogen) atoms. The van der Waals surface area contributed by atoms with Crippen molar-refractivity contribution < 1.29 is 4.79 Å². The first-order chi connectivity index (χ1) is 11.8. The Morgan fingerprint density at radius 1 is 1.17 bits per heavy atom. The number of thiazole rings is 1. The zero-order chi connectivity index (χ0) is 16.6. The van der Waals surface area contributed by atoms with E-state index in [0.717, 1.165) is 44.8 Å². The second-order valence-electron chi connectivity index (χ2n) is 5.97. The molecule has 1 fully saturated rings. The molecule has 126 valence electrons. The number of amides is 1. The van der Waals surface area contributed by atoms with Gasteiger partial charge in [-0.25, -0.2) is 4.98 Å². The summed E-state index contributed by atoms with van der Waals surface area (Å²) in [7, 11) is 0. The SMILES string of the molecule is O=C(CCc1cscn1)N1CCN(C/C=C/c2ccccc2)CC1. The maximum atomic E-state index is 12.3.